The Kier molecular flexibility index (Phi) is 4.21. The normalized spacial score (nSPS) is 10.9. The highest BCUT2D eigenvalue weighted by Gasteiger charge is 2.16. The van der Waals surface area contributed by atoms with Crippen molar-refractivity contribution in [1.29, 1.82) is 0 Å². The zero-order chi connectivity index (χ0) is 16.4. The van der Waals surface area contributed by atoms with Gasteiger partial charge in [0.2, 0.25) is 5.76 Å². The summed E-state index contributed by atoms with van der Waals surface area (Å²) in [6.07, 6.45) is 2.98. The molecule has 0 atom stereocenters. The van der Waals surface area contributed by atoms with Gasteiger partial charge in [-0.05, 0) is 30.2 Å². The Labute approximate surface area is 136 Å². The number of benzene rings is 1. The summed E-state index contributed by atoms with van der Waals surface area (Å²) in [7, 11) is 0. The minimum Gasteiger partial charge on any atom is -0.457 e. The number of halogens is 1. The molecule has 3 rings (SSSR count). The number of rotatable bonds is 4. The van der Waals surface area contributed by atoms with Crippen LogP contribution >= 0.6 is 11.6 Å². The van der Waals surface area contributed by atoms with Crippen molar-refractivity contribution in [3.63, 3.8) is 0 Å². The molecule has 0 saturated heterocycles. The van der Waals surface area contributed by atoms with Crippen molar-refractivity contribution in [1.82, 2.24) is 0 Å². The number of aryl methyl sites for hydroxylation is 1. The summed E-state index contributed by atoms with van der Waals surface area (Å²) < 4.78 is 15.4. The minimum absolute atomic E-state index is 0.0577. The van der Waals surface area contributed by atoms with E-state index in [1.165, 1.54) is 24.5 Å². The quantitative estimate of drug-likeness (QED) is 0.406. The topological polar surface area (TPSA) is 69.7 Å². The van der Waals surface area contributed by atoms with Crippen LogP contribution in [-0.4, -0.2) is 5.97 Å². The molecule has 0 unspecified atom stereocenters. The minimum atomic E-state index is -0.677. The van der Waals surface area contributed by atoms with E-state index < -0.39 is 11.6 Å². The number of furan rings is 1. The van der Waals surface area contributed by atoms with Crippen LogP contribution in [0.5, 0.6) is 5.75 Å². The summed E-state index contributed by atoms with van der Waals surface area (Å²) in [5.41, 5.74) is 0.726. The lowest BCUT2D eigenvalue weighted by Crippen LogP contribution is -2.08. The molecule has 0 radical (unpaired) electrons. The fraction of sp³-hybridized carbons (Fsp3) is 0.176. The predicted molar refractivity (Wildman–Crippen MR) is 85.2 cm³/mol. The third-order valence-electron chi connectivity index (χ3n) is 3.33. The van der Waals surface area contributed by atoms with Gasteiger partial charge in [0.1, 0.15) is 5.58 Å². The summed E-state index contributed by atoms with van der Waals surface area (Å²) in [6, 6.07) is 7.59. The molecule has 0 aliphatic heterocycles. The smallest absolute Gasteiger partial charge is 0.379 e. The van der Waals surface area contributed by atoms with Gasteiger partial charge in [-0.3, -0.25) is 0 Å². The van der Waals surface area contributed by atoms with E-state index in [2.05, 4.69) is 0 Å². The molecule has 0 N–H and O–H groups in total. The maximum atomic E-state index is 11.9. The SMILES string of the molecule is CCCc1cc(=O)oc2cc(OC(=O)c3ccco3)c(Cl)cc12. The summed E-state index contributed by atoms with van der Waals surface area (Å²) in [6.45, 7) is 2.02. The van der Waals surface area contributed by atoms with Crippen molar-refractivity contribution in [3.8, 4) is 5.75 Å². The van der Waals surface area contributed by atoms with Gasteiger partial charge in [0.25, 0.3) is 0 Å². The standard InChI is InChI=1S/C17H13ClO5/c1-2-4-10-7-16(19)22-14-9-15(12(18)8-11(10)14)23-17(20)13-5-3-6-21-13/h3,5-9H,2,4H2,1H3. The van der Waals surface area contributed by atoms with E-state index in [9.17, 15) is 9.59 Å². The Morgan fingerprint density at radius 3 is 2.83 bits per heavy atom. The number of fused-ring (bicyclic) bond motifs is 1. The van der Waals surface area contributed by atoms with E-state index in [0.717, 1.165) is 23.8 Å². The fourth-order valence-corrected chi connectivity index (χ4v) is 2.53. The van der Waals surface area contributed by atoms with Crippen molar-refractivity contribution in [2.45, 2.75) is 19.8 Å². The summed E-state index contributed by atoms with van der Waals surface area (Å²) in [4.78, 5) is 23.6. The van der Waals surface area contributed by atoms with Crippen LogP contribution in [0.25, 0.3) is 11.0 Å². The van der Waals surface area contributed by atoms with Crippen molar-refractivity contribution in [2.24, 2.45) is 0 Å². The van der Waals surface area contributed by atoms with Crippen LogP contribution in [0, 0.1) is 0 Å². The van der Waals surface area contributed by atoms with Gasteiger partial charge in [-0.25, -0.2) is 9.59 Å². The van der Waals surface area contributed by atoms with Crippen LogP contribution in [0.1, 0.15) is 29.5 Å². The molecule has 118 valence electrons. The Balaban J connectivity index is 2.04. The summed E-state index contributed by atoms with van der Waals surface area (Å²) in [5.74, 6) is -0.511. The van der Waals surface area contributed by atoms with Crippen molar-refractivity contribution in [2.75, 3.05) is 0 Å². The molecule has 0 spiro atoms. The second-order valence-corrected chi connectivity index (χ2v) is 5.39. The van der Waals surface area contributed by atoms with E-state index in [1.54, 1.807) is 12.1 Å². The third-order valence-corrected chi connectivity index (χ3v) is 3.62. The largest absolute Gasteiger partial charge is 0.457 e. The molecule has 1 aromatic carbocycles. The highest BCUT2D eigenvalue weighted by molar-refractivity contribution is 6.33. The lowest BCUT2D eigenvalue weighted by atomic mass is 10.1. The van der Waals surface area contributed by atoms with E-state index in [1.807, 2.05) is 6.92 Å². The second-order valence-electron chi connectivity index (χ2n) is 4.99. The highest BCUT2D eigenvalue weighted by Crippen LogP contribution is 2.32. The molecule has 0 bridgehead atoms. The number of hydrogen-bond donors (Lipinski definition) is 0. The lowest BCUT2D eigenvalue weighted by molar-refractivity contribution is 0.0701. The predicted octanol–water partition coefficient (Wildman–Crippen LogP) is 4.21. The molecule has 0 amide bonds. The van der Waals surface area contributed by atoms with Crippen molar-refractivity contribution in [3.05, 3.63) is 63.4 Å². The molecule has 23 heavy (non-hydrogen) atoms. The average molecular weight is 333 g/mol. The molecule has 2 heterocycles. The van der Waals surface area contributed by atoms with Gasteiger partial charge in [0.15, 0.2) is 5.75 Å². The summed E-state index contributed by atoms with van der Waals surface area (Å²) >= 11 is 6.19. The first-order valence-electron chi connectivity index (χ1n) is 7.10. The van der Waals surface area contributed by atoms with Gasteiger partial charge in [-0.2, -0.15) is 0 Å². The molecular weight excluding hydrogens is 320 g/mol. The fourth-order valence-electron chi connectivity index (χ4n) is 2.33. The van der Waals surface area contributed by atoms with Crippen LogP contribution in [0.15, 0.2) is 50.2 Å². The van der Waals surface area contributed by atoms with Crippen LogP contribution in [-0.2, 0) is 6.42 Å². The number of carbonyl (C=O) groups is 1. The third kappa shape index (κ3) is 3.14. The van der Waals surface area contributed by atoms with E-state index in [0.29, 0.717) is 5.58 Å². The zero-order valence-electron chi connectivity index (χ0n) is 12.3. The van der Waals surface area contributed by atoms with E-state index in [4.69, 9.17) is 25.2 Å². The highest BCUT2D eigenvalue weighted by atomic mass is 35.5. The molecule has 0 aliphatic rings. The first-order chi connectivity index (χ1) is 11.1. The van der Waals surface area contributed by atoms with Gasteiger partial charge in [0.05, 0.1) is 11.3 Å². The first kappa shape index (κ1) is 15.4. The number of ether oxygens (including phenoxy) is 1. The van der Waals surface area contributed by atoms with Gasteiger partial charge in [0, 0.05) is 17.5 Å². The second kappa shape index (κ2) is 6.30. The Morgan fingerprint density at radius 1 is 1.30 bits per heavy atom. The van der Waals surface area contributed by atoms with Crippen LogP contribution in [0.3, 0.4) is 0 Å². The lowest BCUT2D eigenvalue weighted by Gasteiger charge is -2.08. The molecule has 6 heteroatoms. The van der Waals surface area contributed by atoms with Crippen LogP contribution in [0.4, 0.5) is 0 Å². The maximum Gasteiger partial charge on any atom is 0.379 e. The van der Waals surface area contributed by atoms with Crippen molar-refractivity contribution >= 4 is 28.5 Å². The zero-order valence-corrected chi connectivity index (χ0v) is 13.1. The molecular formula is C17H13ClO5. The molecule has 0 aliphatic carbocycles. The van der Waals surface area contributed by atoms with E-state index in [-0.39, 0.29) is 16.5 Å². The monoisotopic (exact) mass is 332 g/mol. The molecule has 3 aromatic rings. The number of carbonyl (C=O) groups excluding carboxylic acids is 1. The Bertz CT molecular complexity index is 909. The number of hydrogen-bond acceptors (Lipinski definition) is 5. The average Bonchev–Trinajstić information content (AvgIpc) is 3.03. The molecule has 5 nitrogen and oxygen atoms in total. The van der Waals surface area contributed by atoms with Gasteiger partial charge < -0.3 is 13.6 Å². The molecule has 0 fully saturated rings. The molecule has 0 saturated carbocycles. The van der Waals surface area contributed by atoms with Crippen molar-refractivity contribution < 1.29 is 18.4 Å². The maximum absolute atomic E-state index is 11.9. The van der Waals surface area contributed by atoms with E-state index >= 15 is 0 Å². The molecule has 2 aromatic heterocycles. The number of esters is 1. The van der Waals surface area contributed by atoms with Gasteiger partial charge in [-0.1, -0.05) is 24.9 Å². The first-order valence-corrected chi connectivity index (χ1v) is 7.48. The summed E-state index contributed by atoms with van der Waals surface area (Å²) in [5, 5.41) is 0.984. The van der Waals surface area contributed by atoms with Gasteiger partial charge >= 0.3 is 11.6 Å². The van der Waals surface area contributed by atoms with Crippen LogP contribution < -0.4 is 10.4 Å². The van der Waals surface area contributed by atoms with Gasteiger partial charge in [-0.15, -0.1) is 0 Å². The Morgan fingerprint density at radius 2 is 2.13 bits per heavy atom. The Hall–Kier alpha value is -2.53. The van der Waals surface area contributed by atoms with Crippen LogP contribution in [0.2, 0.25) is 5.02 Å².